The zero-order valence-corrected chi connectivity index (χ0v) is 14.5. The molecule has 7 heteroatoms. The second kappa shape index (κ2) is 7.02. The molecular weight excluding hydrogens is 366 g/mol. The van der Waals surface area contributed by atoms with Crippen molar-refractivity contribution in [3.8, 4) is 11.5 Å². The first-order chi connectivity index (χ1) is 10.7. The van der Waals surface area contributed by atoms with Gasteiger partial charge in [0.2, 0.25) is 6.79 Å². The number of halogens is 1. The zero-order valence-electron chi connectivity index (χ0n) is 12.1. The molecule has 0 radical (unpaired) electrons. The normalized spacial score (nSPS) is 13.3. The van der Waals surface area contributed by atoms with Gasteiger partial charge in [-0.25, -0.2) is 0 Å². The molecular formula is C15H16BrN3O2S. The van der Waals surface area contributed by atoms with E-state index in [0.717, 1.165) is 34.0 Å². The van der Waals surface area contributed by atoms with Gasteiger partial charge in [0.05, 0.1) is 6.54 Å². The average molecular weight is 382 g/mol. The maximum Gasteiger partial charge on any atom is 0.231 e. The molecule has 0 fully saturated rings. The van der Waals surface area contributed by atoms with Crippen LogP contribution in [0, 0.1) is 0 Å². The van der Waals surface area contributed by atoms with Crippen LogP contribution < -0.4 is 20.1 Å². The van der Waals surface area contributed by atoms with E-state index in [1.165, 1.54) is 4.88 Å². The summed E-state index contributed by atoms with van der Waals surface area (Å²) in [7, 11) is 1.76. The monoisotopic (exact) mass is 381 g/mol. The molecule has 1 aromatic carbocycles. The van der Waals surface area contributed by atoms with Crippen molar-refractivity contribution < 1.29 is 9.47 Å². The molecule has 0 spiro atoms. The Morgan fingerprint density at radius 1 is 1.23 bits per heavy atom. The number of rotatable bonds is 4. The number of thiophene rings is 1. The van der Waals surface area contributed by atoms with Crippen LogP contribution in [0.2, 0.25) is 0 Å². The summed E-state index contributed by atoms with van der Waals surface area (Å²) in [6, 6.07) is 8.03. The topological polar surface area (TPSA) is 54.9 Å². The number of guanidine groups is 1. The summed E-state index contributed by atoms with van der Waals surface area (Å²) in [4.78, 5) is 5.48. The number of nitrogens with one attached hydrogen (secondary N) is 2. The molecule has 0 amide bonds. The SMILES string of the molecule is CN=C(NCc1ccc2c(c1)OCO2)NCc1cc(Br)cs1. The number of hydrogen-bond acceptors (Lipinski definition) is 4. The fraction of sp³-hybridized carbons (Fsp3) is 0.267. The second-order valence-corrected chi connectivity index (χ2v) is 6.61. The molecule has 0 atom stereocenters. The molecule has 3 rings (SSSR count). The van der Waals surface area contributed by atoms with Crippen molar-refractivity contribution in [3.63, 3.8) is 0 Å². The molecule has 116 valence electrons. The van der Waals surface area contributed by atoms with E-state index >= 15 is 0 Å². The van der Waals surface area contributed by atoms with E-state index in [1.54, 1.807) is 18.4 Å². The smallest absolute Gasteiger partial charge is 0.231 e. The summed E-state index contributed by atoms with van der Waals surface area (Å²) >= 11 is 5.16. The third kappa shape index (κ3) is 3.72. The molecule has 1 aliphatic heterocycles. The molecule has 0 saturated heterocycles. The highest BCUT2D eigenvalue weighted by Gasteiger charge is 2.13. The van der Waals surface area contributed by atoms with Crippen LogP contribution in [0.25, 0.3) is 0 Å². The van der Waals surface area contributed by atoms with E-state index in [1.807, 2.05) is 18.2 Å². The average Bonchev–Trinajstić information content (AvgIpc) is 3.15. The number of fused-ring (bicyclic) bond motifs is 1. The Hall–Kier alpha value is -1.73. The summed E-state index contributed by atoms with van der Waals surface area (Å²) < 4.78 is 11.8. The van der Waals surface area contributed by atoms with E-state index < -0.39 is 0 Å². The largest absolute Gasteiger partial charge is 0.454 e. The van der Waals surface area contributed by atoms with E-state index in [0.29, 0.717) is 13.3 Å². The minimum Gasteiger partial charge on any atom is -0.454 e. The van der Waals surface area contributed by atoms with Crippen molar-refractivity contribution in [2.45, 2.75) is 13.1 Å². The molecule has 0 saturated carbocycles. The van der Waals surface area contributed by atoms with E-state index in [2.05, 4.69) is 43.0 Å². The fourth-order valence-corrected chi connectivity index (χ4v) is 3.47. The van der Waals surface area contributed by atoms with E-state index in [4.69, 9.17) is 9.47 Å². The third-order valence-electron chi connectivity index (χ3n) is 3.17. The standard InChI is InChI=1S/C15H16BrN3O2S/c1-17-15(19-7-12-5-11(16)8-22-12)18-6-10-2-3-13-14(4-10)21-9-20-13/h2-5,8H,6-7,9H2,1H3,(H2,17,18,19). The first kappa shape index (κ1) is 15.2. The second-order valence-electron chi connectivity index (χ2n) is 4.70. The number of hydrogen-bond donors (Lipinski definition) is 2. The van der Waals surface area contributed by atoms with Gasteiger partial charge in [-0.15, -0.1) is 11.3 Å². The highest BCUT2D eigenvalue weighted by Crippen LogP contribution is 2.32. The summed E-state index contributed by atoms with van der Waals surface area (Å²) in [5.74, 6) is 2.36. The van der Waals surface area contributed by atoms with Crippen LogP contribution in [0.5, 0.6) is 11.5 Å². The maximum absolute atomic E-state index is 5.38. The fourth-order valence-electron chi connectivity index (χ4n) is 2.07. The maximum atomic E-state index is 5.38. The lowest BCUT2D eigenvalue weighted by Gasteiger charge is -2.11. The van der Waals surface area contributed by atoms with Crippen molar-refractivity contribution in [3.05, 3.63) is 44.6 Å². The Morgan fingerprint density at radius 3 is 2.82 bits per heavy atom. The predicted molar refractivity (Wildman–Crippen MR) is 91.6 cm³/mol. The van der Waals surface area contributed by atoms with Gasteiger partial charge in [-0.3, -0.25) is 4.99 Å². The number of ether oxygens (including phenoxy) is 2. The number of benzene rings is 1. The van der Waals surface area contributed by atoms with E-state index in [9.17, 15) is 0 Å². The molecule has 2 N–H and O–H groups in total. The quantitative estimate of drug-likeness (QED) is 0.630. The molecule has 2 aromatic rings. The molecule has 0 aliphatic carbocycles. The van der Waals surface area contributed by atoms with Gasteiger partial charge in [-0.1, -0.05) is 6.07 Å². The van der Waals surface area contributed by atoms with Crippen LogP contribution in [-0.2, 0) is 13.1 Å². The molecule has 2 heterocycles. The van der Waals surface area contributed by atoms with Crippen molar-refractivity contribution in [2.75, 3.05) is 13.8 Å². The van der Waals surface area contributed by atoms with Gasteiger partial charge in [0.1, 0.15) is 0 Å². The number of nitrogens with zero attached hydrogens (tertiary/aromatic N) is 1. The van der Waals surface area contributed by atoms with Crippen molar-refractivity contribution in [2.24, 2.45) is 4.99 Å². The van der Waals surface area contributed by atoms with Crippen molar-refractivity contribution >= 4 is 33.2 Å². The Morgan fingerprint density at radius 2 is 2.05 bits per heavy atom. The van der Waals surface area contributed by atoms with E-state index in [-0.39, 0.29) is 0 Å². The van der Waals surface area contributed by atoms with Crippen LogP contribution >= 0.6 is 27.3 Å². The Labute approximate surface area is 141 Å². The summed E-state index contributed by atoms with van der Waals surface area (Å²) in [6.45, 7) is 1.72. The summed E-state index contributed by atoms with van der Waals surface area (Å²) in [5, 5.41) is 8.65. The molecule has 0 bridgehead atoms. The lowest BCUT2D eigenvalue weighted by molar-refractivity contribution is 0.174. The van der Waals surface area contributed by atoms with Crippen LogP contribution in [0.3, 0.4) is 0 Å². The van der Waals surface area contributed by atoms with Gasteiger partial charge in [0.25, 0.3) is 0 Å². The minimum absolute atomic E-state index is 0.297. The lowest BCUT2D eigenvalue weighted by Crippen LogP contribution is -2.36. The van der Waals surface area contributed by atoms with Gasteiger partial charge in [-0.05, 0) is 39.7 Å². The Kier molecular flexibility index (Phi) is 4.84. The van der Waals surface area contributed by atoms with Crippen LogP contribution in [0.4, 0.5) is 0 Å². The Bertz CT molecular complexity index is 687. The lowest BCUT2D eigenvalue weighted by atomic mass is 10.2. The molecule has 1 aliphatic rings. The van der Waals surface area contributed by atoms with Crippen molar-refractivity contribution in [1.82, 2.24) is 10.6 Å². The van der Waals surface area contributed by atoms with Crippen LogP contribution in [0.15, 0.2) is 39.1 Å². The molecule has 5 nitrogen and oxygen atoms in total. The number of aliphatic imine (C=N–C) groups is 1. The van der Waals surface area contributed by atoms with Gasteiger partial charge in [0, 0.05) is 28.3 Å². The van der Waals surface area contributed by atoms with Crippen molar-refractivity contribution in [1.29, 1.82) is 0 Å². The van der Waals surface area contributed by atoms with Crippen LogP contribution in [-0.4, -0.2) is 19.8 Å². The van der Waals surface area contributed by atoms with Gasteiger partial charge in [0.15, 0.2) is 17.5 Å². The zero-order chi connectivity index (χ0) is 15.4. The summed E-state index contributed by atoms with van der Waals surface area (Å²) in [6.07, 6.45) is 0. The first-order valence-electron chi connectivity index (χ1n) is 6.80. The first-order valence-corrected chi connectivity index (χ1v) is 8.48. The third-order valence-corrected chi connectivity index (χ3v) is 4.87. The van der Waals surface area contributed by atoms with Gasteiger partial charge < -0.3 is 20.1 Å². The summed E-state index contributed by atoms with van der Waals surface area (Å²) in [5.41, 5.74) is 1.12. The van der Waals surface area contributed by atoms with Gasteiger partial charge >= 0.3 is 0 Å². The predicted octanol–water partition coefficient (Wildman–Crippen LogP) is 3.10. The van der Waals surface area contributed by atoms with Crippen LogP contribution in [0.1, 0.15) is 10.4 Å². The molecule has 0 unspecified atom stereocenters. The minimum atomic E-state index is 0.297. The highest BCUT2D eigenvalue weighted by atomic mass is 79.9. The van der Waals surface area contributed by atoms with Gasteiger partial charge in [-0.2, -0.15) is 0 Å². The highest BCUT2D eigenvalue weighted by molar-refractivity contribution is 9.10. The molecule has 1 aromatic heterocycles. The Balaban J connectivity index is 1.52. The molecule has 22 heavy (non-hydrogen) atoms.